The summed E-state index contributed by atoms with van der Waals surface area (Å²) in [5, 5.41) is 0.346. The molecule has 1 saturated heterocycles. The molecule has 0 saturated carbocycles. The minimum Gasteiger partial charge on any atom is -0.346 e. The summed E-state index contributed by atoms with van der Waals surface area (Å²) in [5.74, 6) is 1.17. The molecule has 0 N–H and O–H groups in total. The lowest BCUT2D eigenvalue weighted by Crippen LogP contribution is -2.40. The average Bonchev–Trinajstić information content (AvgIpc) is 2.83. The Morgan fingerprint density at radius 1 is 1.50 bits per heavy atom. The first kappa shape index (κ1) is 16.2. The van der Waals surface area contributed by atoms with Crippen LogP contribution >= 0.6 is 23.4 Å². The van der Waals surface area contributed by atoms with Crippen molar-refractivity contribution in [2.24, 2.45) is 0 Å². The number of nitrogens with zero attached hydrogens (tertiary/aromatic N) is 2. The van der Waals surface area contributed by atoms with Crippen LogP contribution in [0.4, 0.5) is 0 Å². The van der Waals surface area contributed by atoms with Gasteiger partial charge in [0.15, 0.2) is 0 Å². The van der Waals surface area contributed by atoms with E-state index in [0.29, 0.717) is 29.1 Å². The zero-order valence-electron chi connectivity index (χ0n) is 12.0. The van der Waals surface area contributed by atoms with Crippen molar-refractivity contribution in [1.29, 1.82) is 0 Å². The molecule has 7 heteroatoms. The van der Waals surface area contributed by atoms with Crippen molar-refractivity contribution in [1.82, 2.24) is 8.87 Å². The van der Waals surface area contributed by atoms with Gasteiger partial charge in [0, 0.05) is 42.0 Å². The molecule has 2 heterocycles. The van der Waals surface area contributed by atoms with Gasteiger partial charge < -0.3 is 4.57 Å². The Morgan fingerprint density at radius 2 is 2.20 bits per heavy atom. The molecule has 0 aliphatic carbocycles. The van der Waals surface area contributed by atoms with Gasteiger partial charge in [-0.15, -0.1) is 11.6 Å². The maximum absolute atomic E-state index is 12.7. The van der Waals surface area contributed by atoms with Crippen molar-refractivity contribution in [3.8, 4) is 0 Å². The molecule has 0 spiro atoms. The molecular formula is C13H21ClN2O2S2. The van der Waals surface area contributed by atoms with Crippen LogP contribution in [0.1, 0.15) is 32.5 Å². The first-order valence-electron chi connectivity index (χ1n) is 6.74. The number of halogens is 1. The van der Waals surface area contributed by atoms with Crippen molar-refractivity contribution < 1.29 is 8.42 Å². The van der Waals surface area contributed by atoms with Gasteiger partial charge in [-0.3, -0.25) is 0 Å². The molecule has 4 nitrogen and oxygen atoms in total. The molecule has 2 rings (SSSR count). The van der Waals surface area contributed by atoms with Gasteiger partial charge in [-0.1, -0.05) is 6.92 Å². The molecule has 1 aliphatic heterocycles. The first-order valence-corrected chi connectivity index (χ1v) is 9.77. The molecule has 1 fully saturated rings. The predicted molar refractivity (Wildman–Crippen MR) is 85.1 cm³/mol. The molecule has 114 valence electrons. The highest BCUT2D eigenvalue weighted by Gasteiger charge is 2.30. The van der Waals surface area contributed by atoms with Crippen LogP contribution in [0.2, 0.25) is 0 Å². The summed E-state index contributed by atoms with van der Waals surface area (Å²) < 4.78 is 28.9. The minimum atomic E-state index is -3.40. The van der Waals surface area contributed by atoms with E-state index in [1.807, 2.05) is 30.2 Å². The Labute approximate surface area is 130 Å². The second-order valence-electron chi connectivity index (χ2n) is 5.35. The summed E-state index contributed by atoms with van der Waals surface area (Å²) in [7, 11) is -3.40. The van der Waals surface area contributed by atoms with Crippen molar-refractivity contribution in [2.45, 2.75) is 42.8 Å². The zero-order valence-corrected chi connectivity index (χ0v) is 14.4. The van der Waals surface area contributed by atoms with E-state index in [4.69, 9.17) is 11.6 Å². The second-order valence-corrected chi connectivity index (χ2v) is 9.10. The van der Waals surface area contributed by atoms with Gasteiger partial charge in [0.25, 0.3) is 0 Å². The molecule has 0 radical (unpaired) electrons. The summed E-state index contributed by atoms with van der Waals surface area (Å²) in [6, 6.07) is 1.90. The summed E-state index contributed by atoms with van der Waals surface area (Å²) in [4.78, 5) is 0.362. The number of thioether (sulfide) groups is 1. The van der Waals surface area contributed by atoms with Crippen molar-refractivity contribution in [2.75, 3.05) is 18.8 Å². The first-order chi connectivity index (χ1) is 9.36. The minimum absolute atomic E-state index is 0.198. The van der Waals surface area contributed by atoms with E-state index < -0.39 is 10.0 Å². The second kappa shape index (κ2) is 6.30. The maximum Gasteiger partial charge on any atom is 0.244 e. The van der Waals surface area contributed by atoms with Crippen LogP contribution in [-0.2, 0) is 15.9 Å². The summed E-state index contributed by atoms with van der Waals surface area (Å²) >= 11 is 7.73. The Hall–Kier alpha value is -0.170. The molecule has 1 atom stereocenters. The fraction of sp³-hybridized carbons (Fsp3) is 0.692. The fourth-order valence-electron chi connectivity index (χ4n) is 2.38. The summed E-state index contributed by atoms with van der Waals surface area (Å²) in [6.45, 7) is 7.27. The van der Waals surface area contributed by atoms with Gasteiger partial charge >= 0.3 is 0 Å². The van der Waals surface area contributed by atoms with E-state index in [0.717, 1.165) is 11.4 Å². The lowest BCUT2D eigenvalue weighted by atomic mass is 10.4. The zero-order chi connectivity index (χ0) is 14.9. The topological polar surface area (TPSA) is 42.3 Å². The fourth-order valence-corrected chi connectivity index (χ4v) is 5.40. The molecular weight excluding hydrogens is 316 g/mol. The SMILES string of the molecule is CC1CN(S(=O)(=O)c2cc(CCl)n(C(C)C)c2)CCS1. The van der Waals surface area contributed by atoms with Gasteiger partial charge in [-0.05, 0) is 19.9 Å². The van der Waals surface area contributed by atoms with Gasteiger partial charge in [-0.25, -0.2) is 8.42 Å². The van der Waals surface area contributed by atoms with Gasteiger partial charge in [0.2, 0.25) is 10.0 Å². The Bertz CT molecular complexity index is 569. The number of aromatic nitrogens is 1. The lowest BCUT2D eigenvalue weighted by Gasteiger charge is -2.29. The third-order valence-corrected chi connectivity index (χ3v) is 6.68. The number of rotatable bonds is 4. The van der Waals surface area contributed by atoms with Crippen LogP contribution in [0.5, 0.6) is 0 Å². The van der Waals surface area contributed by atoms with Crippen molar-refractivity contribution >= 4 is 33.4 Å². The van der Waals surface area contributed by atoms with Gasteiger partial charge in [0.1, 0.15) is 4.90 Å². The normalized spacial score (nSPS) is 21.6. The monoisotopic (exact) mass is 336 g/mol. The Kier molecular flexibility index (Phi) is 5.10. The quantitative estimate of drug-likeness (QED) is 0.794. The molecule has 0 amide bonds. The number of hydrogen-bond donors (Lipinski definition) is 0. The lowest BCUT2D eigenvalue weighted by molar-refractivity contribution is 0.424. The smallest absolute Gasteiger partial charge is 0.244 e. The van der Waals surface area contributed by atoms with Crippen LogP contribution < -0.4 is 0 Å². The molecule has 20 heavy (non-hydrogen) atoms. The number of alkyl halides is 1. The Balaban J connectivity index is 2.34. The van der Waals surface area contributed by atoms with Gasteiger partial charge in [-0.2, -0.15) is 16.1 Å². The maximum atomic E-state index is 12.7. The van der Waals surface area contributed by atoms with Crippen molar-refractivity contribution in [3.05, 3.63) is 18.0 Å². The third kappa shape index (κ3) is 3.18. The predicted octanol–water partition coefficient (Wildman–Crippen LogP) is 2.93. The average molecular weight is 337 g/mol. The van der Waals surface area contributed by atoms with Crippen molar-refractivity contribution in [3.63, 3.8) is 0 Å². The van der Waals surface area contributed by atoms with Crippen LogP contribution in [0.25, 0.3) is 0 Å². The highest BCUT2D eigenvalue weighted by molar-refractivity contribution is 8.00. The molecule has 1 unspecified atom stereocenters. The van der Waals surface area contributed by atoms with Crippen LogP contribution in [0, 0.1) is 0 Å². The summed E-state index contributed by atoms with van der Waals surface area (Å²) in [5.41, 5.74) is 0.847. The van der Waals surface area contributed by atoms with E-state index in [-0.39, 0.29) is 6.04 Å². The highest BCUT2D eigenvalue weighted by atomic mass is 35.5. The van der Waals surface area contributed by atoms with E-state index in [1.54, 1.807) is 16.6 Å². The van der Waals surface area contributed by atoms with E-state index in [1.165, 1.54) is 0 Å². The summed E-state index contributed by atoms with van der Waals surface area (Å²) in [6.07, 6.45) is 1.71. The molecule has 1 aromatic heterocycles. The van der Waals surface area contributed by atoms with Crippen LogP contribution in [0.15, 0.2) is 17.2 Å². The van der Waals surface area contributed by atoms with Crippen LogP contribution in [0.3, 0.4) is 0 Å². The Morgan fingerprint density at radius 3 is 2.70 bits per heavy atom. The van der Waals surface area contributed by atoms with E-state index in [2.05, 4.69) is 6.92 Å². The molecule has 1 aliphatic rings. The van der Waals surface area contributed by atoms with Gasteiger partial charge in [0.05, 0.1) is 5.88 Å². The van der Waals surface area contributed by atoms with Crippen LogP contribution in [-0.4, -0.2) is 41.4 Å². The molecule has 1 aromatic rings. The standard InChI is InChI=1S/C13H21ClN2O2S2/c1-10(2)16-9-13(6-12(16)7-14)20(17,18)15-4-5-19-11(3)8-15/h6,9-11H,4-5,7-8H2,1-3H3. The largest absolute Gasteiger partial charge is 0.346 e. The van der Waals surface area contributed by atoms with E-state index >= 15 is 0 Å². The number of hydrogen-bond acceptors (Lipinski definition) is 3. The van der Waals surface area contributed by atoms with E-state index in [9.17, 15) is 8.42 Å². The highest BCUT2D eigenvalue weighted by Crippen LogP contribution is 2.27. The molecule has 0 bridgehead atoms. The number of sulfonamides is 1. The molecule has 0 aromatic carbocycles. The third-order valence-electron chi connectivity index (χ3n) is 3.44.